The fraction of sp³-hybridized carbons (Fsp3) is 0.0833. The normalized spacial score (nSPS) is 10.9. The van der Waals surface area contributed by atoms with Gasteiger partial charge in [-0.15, -0.1) is 0 Å². The van der Waals surface area contributed by atoms with Gasteiger partial charge in [-0.05, 0) is 24.4 Å². The fourth-order valence-electron chi connectivity index (χ4n) is 1.89. The van der Waals surface area contributed by atoms with Gasteiger partial charge in [0.15, 0.2) is 10.6 Å². The van der Waals surface area contributed by atoms with Gasteiger partial charge in [-0.2, -0.15) is 5.10 Å². The van der Waals surface area contributed by atoms with Crippen LogP contribution in [-0.2, 0) is 7.05 Å². The number of aryl methyl sites for hydroxylation is 1. The summed E-state index contributed by atoms with van der Waals surface area (Å²) < 4.78 is 3.38. The topological polar surface area (TPSA) is 55.6 Å². The molecule has 2 aromatic heterocycles. The molecule has 5 nitrogen and oxygen atoms in total. The minimum absolute atomic E-state index is 0.159. The lowest BCUT2D eigenvalue weighted by Crippen LogP contribution is -2.21. The van der Waals surface area contributed by atoms with Crippen LogP contribution in [0.2, 0.25) is 0 Å². The Kier molecular flexibility index (Phi) is 2.38. The SMILES string of the molecule is Cn1ccc(-n2c(=S)[nH]c3ccccc3c2=O)n1. The summed E-state index contributed by atoms with van der Waals surface area (Å²) in [6, 6.07) is 9.03. The number of aromatic nitrogens is 4. The van der Waals surface area contributed by atoms with Gasteiger partial charge in [0.25, 0.3) is 5.56 Å². The third-order valence-electron chi connectivity index (χ3n) is 2.73. The van der Waals surface area contributed by atoms with Crippen molar-refractivity contribution < 1.29 is 0 Å². The molecule has 0 unspecified atom stereocenters. The van der Waals surface area contributed by atoms with Gasteiger partial charge in [0.2, 0.25) is 0 Å². The largest absolute Gasteiger partial charge is 0.331 e. The Labute approximate surface area is 107 Å². The number of rotatable bonds is 1. The zero-order valence-corrected chi connectivity index (χ0v) is 10.4. The van der Waals surface area contributed by atoms with E-state index in [1.807, 2.05) is 18.2 Å². The molecule has 18 heavy (non-hydrogen) atoms. The van der Waals surface area contributed by atoms with Crippen molar-refractivity contribution in [2.75, 3.05) is 0 Å². The number of hydrogen-bond donors (Lipinski definition) is 1. The number of nitrogens with one attached hydrogen (secondary N) is 1. The van der Waals surface area contributed by atoms with Gasteiger partial charge < -0.3 is 4.98 Å². The van der Waals surface area contributed by atoms with E-state index in [1.165, 1.54) is 4.57 Å². The number of para-hydroxylation sites is 1. The Balaban J connectivity index is 2.44. The highest BCUT2D eigenvalue weighted by Crippen LogP contribution is 2.08. The maximum absolute atomic E-state index is 12.4. The number of benzene rings is 1. The van der Waals surface area contributed by atoms with Gasteiger partial charge in [0.05, 0.1) is 10.9 Å². The van der Waals surface area contributed by atoms with E-state index in [0.717, 1.165) is 5.52 Å². The molecule has 0 saturated heterocycles. The maximum Gasteiger partial charge on any atom is 0.268 e. The molecule has 0 spiro atoms. The summed E-state index contributed by atoms with van der Waals surface area (Å²) in [5.41, 5.74) is 0.577. The van der Waals surface area contributed by atoms with Crippen LogP contribution in [0.5, 0.6) is 0 Å². The first-order valence-corrected chi connectivity index (χ1v) is 5.82. The van der Waals surface area contributed by atoms with E-state index >= 15 is 0 Å². The lowest BCUT2D eigenvalue weighted by atomic mass is 10.2. The molecule has 1 N–H and O–H groups in total. The van der Waals surface area contributed by atoms with Crippen molar-refractivity contribution in [2.24, 2.45) is 7.05 Å². The number of H-pyrrole nitrogens is 1. The van der Waals surface area contributed by atoms with Crippen molar-refractivity contribution in [1.82, 2.24) is 19.3 Å². The Hall–Kier alpha value is -2.21. The number of aromatic amines is 1. The molecule has 0 bridgehead atoms. The summed E-state index contributed by atoms with van der Waals surface area (Å²) in [4.78, 5) is 15.4. The summed E-state index contributed by atoms with van der Waals surface area (Å²) in [5.74, 6) is 0.523. The van der Waals surface area contributed by atoms with Crippen LogP contribution in [0.15, 0.2) is 41.3 Å². The fourth-order valence-corrected chi connectivity index (χ4v) is 2.18. The molecule has 0 saturated carbocycles. The molecule has 0 radical (unpaired) electrons. The van der Waals surface area contributed by atoms with Gasteiger partial charge in [-0.25, -0.2) is 4.57 Å². The van der Waals surface area contributed by atoms with E-state index < -0.39 is 0 Å². The van der Waals surface area contributed by atoms with Crippen LogP contribution in [0.3, 0.4) is 0 Å². The molecular weight excluding hydrogens is 248 g/mol. The molecular formula is C12H10N4OS. The molecule has 90 valence electrons. The summed E-state index contributed by atoms with van der Waals surface area (Å²) >= 11 is 5.22. The first-order chi connectivity index (χ1) is 8.66. The Morgan fingerprint density at radius 1 is 1.28 bits per heavy atom. The monoisotopic (exact) mass is 258 g/mol. The molecule has 0 aliphatic heterocycles. The zero-order chi connectivity index (χ0) is 12.7. The minimum Gasteiger partial charge on any atom is -0.331 e. The second kappa shape index (κ2) is 3.92. The van der Waals surface area contributed by atoms with E-state index in [0.29, 0.717) is 16.0 Å². The molecule has 0 atom stereocenters. The molecule has 0 fully saturated rings. The first-order valence-electron chi connectivity index (χ1n) is 5.41. The summed E-state index contributed by atoms with van der Waals surface area (Å²) in [5, 5.41) is 4.80. The van der Waals surface area contributed by atoms with E-state index in [-0.39, 0.29) is 5.56 Å². The van der Waals surface area contributed by atoms with E-state index in [4.69, 9.17) is 12.2 Å². The van der Waals surface area contributed by atoms with Gasteiger partial charge in [-0.1, -0.05) is 12.1 Å². The summed E-state index contributed by atoms with van der Waals surface area (Å²) in [6.07, 6.45) is 1.77. The van der Waals surface area contributed by atoms with Crippen LogP contribution in [0.4, 0.5) is 0 Å². The van der Waals surface area contributed by atoms with Crippen LogP contribution in [0, 0.1) is 4.77 Å². The second-order valence-electron chi connectivity index (χ2n) is 3.96. The Morgan fingerprint density at radius 3 is 2.78 bits per heavy atom. The lowest BCUT2D eigenvalue weighted by Gasteiger charge is -2.04. The number of fused-ring (bicyclic) bond motifs is 1. The molecule has 0 aliphatic rings. The van der Waals surface area contributed by atoms with Crippen molar-refractivity contribution >= 4 is 23.1 Å². The standard InChI is InChI=1S/C12H10N4OS/c1-15-7-6-10(14-15)16-11(17)8-4-2-3-5-9(8)13-12(16)18/h2-7H,1H3,(H,13,18). The summed E-state index contributed by atoms with van der Waals surface area (Å²) in [6.45, 7) is 0. The van der Waals surface area contributed by atoms with Crippen LogP contribution in [0.25, 0.3) is 16.7 Å². The van der Waals surface area contributed by atoms with E-state index in [9.17, 15) is 4.79 Å². The van der Waals surface area contributed by atoms with Crippen molar-refractivity contribution in [3.05, 3.63) is 51.7 Å². The van der Waals surface area contributed by atoms with Gasteiger partial charge >= 0.3 is 0 Å². The molecule has 3 aromatic rings. The Bertz CT molecular complexity index is 843. The third-order valence-corrected chi connectivity index (χ3v) is 3.02. The van der Waals surface area contributed by atoms with Crippen molar-refractivity contribution in [3.63, 3.8) is 0 Å². The van der Waals surface area contributed by atoms with Gasteiger partial charge in [-0.3, -0.25) is 9.48 Å². The molecule has 0 amide bonds. The smallest absolute Gasteiger partial charge is 0.268 e. The molecule has 1 aromatic carbocycles. The molecule has 3 rings (SSSR count). The highest BCUT2D eigenvalue weighted by molar-refractivity contribution is 7.71. The predicted octanol–water partition coefficient (Wildman–Crippen LogP) is 1.78. The van der Waals surface area contributed by atoms with Crippen LogP contribution in [-0.4, -0.2) is 19.3 Å². The third kappa shape index (κ3) is 1.58. The predicted molar refractivity (Wildman–Crippen MR) is 71.5 cm³/mol. The number of hydrogen-bond acceptors (Lipinski definition) is 3. The first kappa shape index (κ1) is 10.9. The van der Waals surface area contributed by atoms with Crippen molar-refractivity contribution in [3.8, 4) is 5.82 Å². The van der Waals surface area contributed by atoms with E-state index in [2.05, 4.69) is 10.1 Å². The van der Waals surface area contributed by atoms with Crippen LogP contribution in [0.1, 0.15) is 0 Å². The van der Waals surface area contributed by atoms with Crippen LogP contribution >= 0.6 is 12.2 Å². The maximum atomic E-state index is 12.4. The van der Waals surface area contributed by atoms with Crippen molar-refractivity contribution in [2.45, 2.75) is 0 Å². The quantitative estimate of drug-likeness (QED) is 0.677. The molecule has 2 heterocycles. The van der Waals surface area contributed by atoms with Crippen LogP contribution < -0.4 is 5.56 Å². The number of nitrogens with zero attached hydrogens (tertiary/aromatic N) is 3. The average molecular weight is 258 g/mol. The second-order valence-corrected chi connectivity index (χ2v) is 4.35. The summed E-state index contributed by atoms with van der Waals surface area (Å²) in [7, 11) is 1.79. The van der Waals surface area contributed by atoms with E-state index in [1.54, 1.807) is 30.1 Å². The van der Waals surface area contributed by atoms with Gasteiger partial charge in [0, 0.05) is 19.3 Å². The highest BCUT2D eigenvalue weighted by Gasteiger charge is 2.08. The highest BCUT2D eigenvalue weighted by atomic mass is 32.1. The zero-order valence-electron chi connectivity index (χ0n) is 9.62. The average Bonchev–Trinajstić information content (AvgIpc) is 2.76. The van der Waals surface area contributed by atoms with Crippen molar-refractivity contribution in [1.29, 1.82) is 0 Å². The Morgan fingerprint density at radius 2 is 2.06 bits per heavy atom. The van der Waals surface area contributed by atoms with Gasteiger partial charge in [0.1, 0.15) is 0 Å². The minimum atomic E-state index is -0.159. The molecule has 0 aliphatic carbocycles. The molecule has 6 heteroatoms. The lowest BCUT2D eigenvalue weighted by molar-refractivity contribution is 0.742.